The molecule has 2 rings (SSSR count). The second kappa shape index (κ2) is 6.56. The van der Waals surface area contributed by atoms with Gasteiger partial charge in [-0.2, -0.15) is 0 Å². The fourth-order valence-electron chi connectivity index (χ4n) is 2.43. The van der Waals surface area contributed by atoms with Gasteiger partial charge in [0, 0.05) is 19.6 Å². The molecule has 0 spiro atoms. The van der Waals surface area contributed by atoms with Crippen LogP contribution in [-0.2, 0) is 14.3 Å². The van der Waals surface area contributed by atoms with Crippen LogP contribution in [0.2, 0.25) is 0 Å². The van der Waals surface area contributed by atoms with Crippen molar-refractivity contribution in [3.63, 3.8) is 0 Å². The van der Waals surface area contributed by atoms with E-state index in [1.807, 2.05) is 0 Å². The number of amides is 3. The lowest BCUT2D eigenvalue weighted by Crippen LogP contribution is -2.55. The summed E-state index contributed by atoms with van der Waals surface area (Å²) in [4.78, 5) is 37.8. The number of hydrogen-bond donors (Lipinski definition) is 2. The summed E-state index contributed by atoms with van der Waals surface area (Å²) in [7, 11) is 0. The quantitative estimate of drug-likeness (QED) is 0.685. The first-order chi connectivity index (χ1) is 9.58. The molecule has 2 N–H and O–H groups in total. The van der Waals surface area contributed by atoms with Gasteiger partial charge in [0.2, 0.25) is 5.91 Å². The number of aliphatic carboxylic acids is 1. The molecule has 0 aromatic carbocycles. The predicted molar refractivity (Wildman–Crippen MR) is 68.2 cm³/mol. The van der Waals surface area contributed by atoms with Crippen LogP contribution in [0.15, 0.2) is 0 Å². The van der Waals surface area contributed by atoms with Crippen LogP contribution in [0.3, 0.4) is 0 Å². The lowest BCUT2D eigenvalue weighted by molar-refractivity contribution is -0.139. The van der Waals surface area contributed by atoms with E-state index >= 15 is 0 Å². The molecular formula is C12H19N3O5. The highest BCUT2D eigenvalue weighted by atomic mass is 16.5. The number of ether oxygens (including phenoxy) is 1. The fraction of sp³-hybridized carbons (Fsp3) is 0.750. The number of urea groups is 1. The molecular weight excluding hydrogens is 266 g/mol. The number of carbonyl (C=O) groups excluding carboxylic acids is 2. The molecule has 3 amide bonds. The van der Waals surface area contributed by atoms with Gasteiger partial charge in [0.05, 0.1) is 25.7 Å². The third kappa shape index (κ3) is 3.60. The number of nitrogens with one attached hydrogen (secondary N) is 1. The van der Waals surface area contributed by atoms with Crippen molar-refractivity contribution >= 4 is 17.9 Å². The summed E-state index contributed by atoms with van der Waals surface area (Å²) in [5.41, 5.74) is 0. The van der Waals surface area contributed by atoms with Crippen LogP contribution in [0.25, 0.3) is 0 Å². The van der Waals surface area contributed by atoms with Gasteiger partial charge < -0.3 is 25.0 Å². The minimum atomic E-state index is -0.966. The topological polar surface area (TPSA) is 99.2 Å². The van der Waals surface area contributed by atoms with E-state index in [1.165, 1.54) is 9.80 Å². The average Bonchev–Trinajstić information content (AvgIpc) is 2.62. The second-order valence-electron chi connectivity index (χ2n) is 4.93. The first-order valence-corrected chi connectivity index (χ1v) is 6.69. The molecule has 2 heterocycles. The van der Waals surface area contributed by atoms with Gasteiger partial charge in [-0.25, -0.2) is 4.79 Å². The normalized spacial score (nSPS) is 24.0. The Bertz CT molecular complexity index is 401. The SMILES string of the molecule is O=C(O)CC1COCCN1C(=O)N1CCCNC(=O)C1. The predicted octanol–water partition coefficient (Wildman–Crippen LogP) is -0.896. The van der Waals surface area contributed by atoms with Gasteiger partial charge in [-0.15, -0.1) is 0 Å². The molecule has 8 heteroatoms. The van der Waals surface area contributed by atoms with Gasteiger partial charge in [-0.3, -0.25) is 9.59 Å². The smallest absolute Gasteiger partial charge is 0.320 e. The largest absolute Gasteiger partial charge is 0.481 e. The minimum Gasteiger partial charge on any atom is -0.481 e. The Labute approximate surface area is 116 Å². The lowest BCUT2D eigenvalue weighted by Gasteiger charge is -2.37. The number of nitrogens with zero attached hydrogens (tertiary/aromatic N) is 2. The lowest BCUT2D eigenvalue weighted by atomic mass is 10.1. The van der Waals surface area contributed by atoms with E-state index in [4.69, 9.17) is 9.84 Å². The summed E-state index contributed by atoms with van der Waals surface area (Å²) in [6.45, 7) is 2.05. The first kappa shape index (κ1) is 14.6. The van der Waals surface area contributed by atoms with Crippen molar-refractivity contribution in [2.24, 2.45) is 0 Å². The number of rotatable bonds is 2. The van der Waals surface area contributed by atoms with Gasteiger partial charge in [0.15, 0.2) is 0 Å². The standard InChI is InChI=1S/C12H19N3O5/c16-10-7-14(3-1-2-13-10)12(19)15-4-5-20-8-9(15)6-11(17)18/h9H,1-8H2,(H,13,16)(H,17,18). The summed E-state index contributed by atoms with van der Waals surface area (Å²) in [5.74, 6) is -1.15. The zero-order valence-corrected chi connectivity index (χ0v) is 11.2. The number of hydrogen-bond acceptors (Lipinski definition) is 4. The summed E-state index contributed by atoms with van der Waals surface area (Å²) in [6, 6.07) is -0.753. The van der Waals surface area contributed by atoms with Crippen LogP contribution >= 0.6 is 0 Å². The maximum absolute atomic E-state index is 12.5. The first-order valence-electron chi connectivity index (χ1n) is 6.69. The van der Waals surface area contributed by atoms with Gasteiger partial charge >= 0.3 is 12.0 Å². The molecule has 2 aliphatic rings. The zero-order chi connectivity index (χ0) is 14.5. The van der Waals surface area contributed by atoms with Gasteiger partial charge in [0.25, 0.3) is 0 Å². The third-order valence-corrected chi connectivity index (χ3v) is 3.42. The van der Waals surface area contributed by atoms with Crippen LogP contribution in [0, 0.1) is 0 Å². The van der Waals surface area contributed by atoms with E-state index in [-0.39, 0.29) is 31.5 Å². The van der Waals surface area contributed by atoms with Crippen molar-refractivity contribution in [3.05, 3.63) is 0 Å². The maximum Gasteiger partial charge on any atom is 0.320 e. The summed E-state index contributed by atoms with van der Waals surface area (Å²) in [6.07, 6.45) is 0.553. The van der Waals surface area contributed by atoms with Crippen molar-refractivity contribution in [3.8, 4) is 0 Å². The molecule has 0 bridgehead atoms. The Morgan fingerprint density at radius 3 is 2.95 bits per heavy atom. The minimum absolute atomic E-state index is 0.0238. The van der Waals surface area contributed by atoms with E-state index in [0.717, 1.165) is 0 Å². The molecule has 0 saturated carbocycles. The molecule has 1 atom stereocenters. The molecule has 0 aromatic heterocycles. The van der Waals surface area contributed by atoms with Crippen molar-refractivity contribution in [2.45, 2.75) is 18.9 Å². The van der Waals surface area contributed by atoms with Crippen LogP contribution in [0.5, 0.6) is 0 Å². The highest BCUT2D eigenvalue weighted by Gasteiger charge is 2.33. The third-order valence-electron chi connectivity index (χ3n) is 3.42. The van der Waals surface area contributed by atoms with Crippen LogP contribution < -0.4 is 5.32 Å². The maximum atomic E-state index is 12.5. The van der Waals surface area contributed by atoms with Crippen molar-refractivity contribution in [1.29, 1.82) is 0 Å². The molecule has 0 radical (unpaired) electrons. The van der Waals surface area contributed by atoms with E-state index in [0.29, 0.717) is 32.7 Å². The molecule has 20 heavy (non-hydrogen) atoms. The van der Waals surface area contributed by atoms with E-state index < -0.39 is 12.0 Å². The molecule has 2 aliphatic heterocycles. The van der Waals surface area contributed by atoms with Crippen molar-refractivity contribution in [1.82, 2.24) is 15.1 Å². The van der Waals surface area contributed by atoms with Crippen LogP contribution in [-0.4, -0.2) is 78.2 Å². The molecule has 2 saturated heterocycles. The summed E-state index contributed by atoms with van der Waals surface area (Å²) < 4.78 is 5.24. The van der Waals surface area contributed by atoms with Crippen LogP contribution in [0.1, 0.15) is 12.8 Å². The van der Waals surface area contributed by atoms with Crippen LogP contribution in [0.4, 0.5) is 4.79 Å². The summed E-state index contributed by atoms with van der Waals surface area (Å²) >= 11 is 0. The molecule has 1 unspecified atom stereocenters. The van der Waals surface area contributed by atoms with Crippen molar-refractivity contribution in [2.75, 3.05) is 39.4 Å². The molecule has 0 aromatic rings. The molecule has 112 valence electrons. The monoisotopic (exact) mass is 285 g/mol. The molecule has 8 nitrogen and oxygen atoms in total. The average molecular weight is 285 g/mol. The Kier molecular flexibility index (Phi) is 4.78. The van der Waals surface area contributed by atoms with Crippen molar-refractivity contribution < 1.29 is 24.2 Å². The highest BCUT2D eigenvalue weighted by molar-refractivity contribution is 5.84. The fourth-order valence-corrected chi connectivity index (χ4v) is 2.43. The number of carboxylic acids is 1. The molecule has 0 aliphatic carbocycles. The number of morpholine rings is 1. The van der Waals surface area contributed by atoms with Gasteiger partial charge in [-0.1, -0.05) is 0 Å². The van der Waals surface area contributed by atoms with E-state index in [1.54, 1.807) is 0 Å². The Morgan fingerprint density at radius 2 is 2.20 bits per heavy atom. The van der Waals surface area contributed by atoms with Gasteiger partial charge in [0.1, 0.15) is 6.54 Å². The number of carboxylic acid groups (broad SMARTS) is 1. The molecule has 2 fully saturated rings. The van der Waals surface area contributed by atoms with E-state index in [2.05, 4.69) is 5.32 Å². The zero-order valence-electron chi connectivity index (χ0n) is 11.2. The summed E-state index contributed by atoms with van der Waals surface area (Å²) in [5, 5.41) is 11.6. The Morgan fingerprint density at radius 1 is 1.40 bits per heavy atom. The second-order valence-corrected chi connectivity index (χ2v) is 4.93. The number of carbonyl (C=O) groups is 3. The van der Waals surface area contributed by atoms with Gasteiger partial charge in [-0.05, 0) is 6.42 Å². The Hall–Kier alpha value is -1.83. The van der Waals surface area contributed by atoms with E-state index in [9.17, 15) is 14.4 Å². The Balaban J connectivity index is 2.04. The highest BCUT2D eigenvalue weighted by Crippen LogP contribution is 2.14.